The summed E-state index contributed by atoms with van der Waals surface area (Å²) >= 11 is 1.87. The van der Waals surface area contributed by atoms with E-state index in [1.165, 1.54) is 52.5 Å². The Morgan fingerprint density at radius 3 is 1.93 bits per heavy atom. The lowest BCUT2D eigenvalue weighted by molar-refractivity contribution is 1.02. The van der Waals surface area contributed by atoms with Gasteiger partial charge in [-0.3, -0.25) is 4.57 Å². The van der Waals surface area contributed by atoms with Crippen molar-refractivity contribution >= 4 is 85.8 Å². The van der Waals surface area contributed by atoms with Crippen molar-refractivity contribution in [3.8, 4) is 17.2 Å². The molecule has 0 unspecified atom stereocenters. The second kappa shape index (κ2) is 8.96. The number of aromatic nitrogens is 3. The van der Waals surface area contributed by atoms with E-state index in [0.29, 0.717) is 5.95 Å². The molecule has 0 atom stereocenters. The van der Waals surface area contributed by atoms with Crippen molar-refractivity contribution in [1.29, 1.82) is 0 Å². The smallest absolute Gasteiger partial charge is 0.235 e. The van der Waals surface area contributed by atoms with Gasteiger partial charge in [0, 0.05) is 47.3 Å². The van der Waals surface area contributed by atoms with Gasteiger partial charge in [0.2, 0.25) is 5.95 Å². The first-order valence-electron chi connectivity index (χ1n) is 14.8. The summed E-state index contributed by atoms with van der Waals surface area (Å²) in [4.78, 5) is 10.7. The zero-order valence-corrected chi connectivity index (χ0v) is 24.3. The van der Waals surface area contributed by atoms with Crippen molar-refractivity contribution in [3.63, 3.8) is 0 Å². The van der Waals surface area contributed by atoms with Crippen LogP contribution >= 0.6 is 11.3 Å². The first-order valence-corrected chi connectivity index (χ1v) is 15.7. The molecule has 0 N–H and O–H groups in total. The molecule has 3 aromatic heterocycles. The Morgan fingerprint density at radius 2 is 1.09 bits per heavy atom. The lowest BCUT2D eigenvalue weighted by atomic mass is 10.0. The van der Waals surface area contributed by atoms with Crippen molar-refractivity contribution < 1.29 is 0 Å². The zero-order chi connectivity index (χ0) is 28.8. The molecule has 0 fully saturated rings. The van der Waals surface area contributed by atoms with Crippen LogP contribution in [0.3, 0.4) is 0 Å². The third-order valence-corrected chi connectivity index (χ3v) is 10.2. The summed E-state index contributed by atoms with van der Waals surface area (Å²) in [6.45, 7) is 0. The molecule has 204 valence electrons. The number of rotatable bonds is 2. The number of hydrogen-bond acceptors (Lipinski definition) is 3. The van der Waals surface area contributed by atoms with Crippen LogP contribution in [0.25, 0.3) is 91.6 Å². The normalized spacial score (nSPS) is 12.1. The summed E-state index contributed by atoms with van der Waals surface area (Å²) in [5.41, 5.74) is 5.25. The average molecular weight is 578 g/mol. The molecule has 7 aromatic carbocycles. The molecule has 10 rings (SSSR count). The average Bonchev–Trinajstić information content (AvgIpc) is 3.64. The molecule has 0 amide bonds. The maximum atomic E-state index is 5.40. The van der Waals surface area contributed by atoms with Crippen LogP contribution in [0.2, 0.25) is 0 Å². The Kier molecular flexibility index (Phi) is 4.87. The van der Waals surface area contributed by atoms with Crippen molar-refractivity contribution in [2.24, 2.45) is 0 Å². The maximum Gasteiger partial charge on any atom is 0.235 e. The molecule has 0 spiro atoms. The fraction of sp³-hybridized carbons (Fsp3) is 0. The van der Waals surface area contributed by atoms with E-state index in [2.05, 4.69) is 144 Å². The van der Waals surface area contributed by atoms with E-state index in [1.807, 2.05) is 11.3 Å². The SMILES string of the molecule is c1ccc(-c2nc(-n3c4c5ccccc5ccc4c4ccc5sc6c7ccccc7ccc6c5c43)nc3ccccc23)cc1. The number of benzene rings is 7. The fourth-order valence-electron chi connectivity index (χ4n) is 7.03. The number of para-hydroxylation sites is 1. The highest BCUT2D eigenvalue weighted by Crippen LogP contribution is 2.46. The molecule has 3 heterocycles. The van der Waals surface area contributed by atoms with Gasteiger partial charge in [-0.2, -0.15) is 0 Å². The predicted molar refractivity (Wildman–Crippen MR) is 187 cm³/mol. The Bertz CT molecular complexity index is 2770. The van der Waals surface area contributed by atoms with E-state index in [9.17, 15) is 0 Å². The minimum atomic E-state index is 0.687. The molecular formula is C40H23N3S. The van der Waals surface area contributed by atoms with Crippen LogP contribution < -0.4 is 0 Å². The minimum absolute atomic E-state index is 0.687. The molecule has 0 aliphatic rings. The van der Waals surface area contributed by atoms with Gasteiger partial charge < -0.3 is 0 Å². The number of hydrogen-bond donors (Lipinski definition) is 0. The summed E-state index contributed by atoms with van der Waals surface area (Å²) < 4.78 is 4.92. The van der Waals surface area contributed by atoms with Gasteiger partial charge in [-0.1, -0.05) is 127 Å². The molecule has 4 heteroatoms. The van der Waals surface area contributed by atoms with E-state index >= 15 is 0 Å². The van der Waals surface area contributed by atoms with Gasteiger partial charge in [-0.05, 0) is 28.3 Å². The highest BCUT2D eigenvalue weighted by Gasteiger charge is 2.22. The molecule has 0 aliphatic carbocycles. The molecule has 0 saturated carbocycles. The van der Waals surface area contributed by atoms with E-state index in [1.54, 1.807) is 0 Å². The summed E-state index contributed by atoms with van der Waals surface area (Å²) in [6, 6.07) is 49.8. The van der Waals surface area contributed by atoms with Crippen LogP contribution in [-0.2, 0) is 0 Å². The Balaban J connectivity index is 1.45. The van der Waals surface area contributed by atoms with Crippen LogP contribution in [0, 0.1) is 0 Å². The fourth-order valence-corrected chi connectivity index (χ4v) is 8.27. The molecule has 0 radical (unpaired) electrons. The minimum Gasteiger partial charge on any atom is -0.277 e. The standard InChI is InChI=1S/C40H23N3S/c1-2-12-26(13-3-1)36-31-16-8-9-17-33(31)41-40(42-36)43-37-27-14-6-4-10-24(27)18-20-29(37)30-22-23-34-35(38(30)43)32-21-19-25-11-5-7-15-28(25)39(32)44-34/h1-23H. The molecule has 44 heavy (non-hydrogen) atoms. The summed E-state index contributed by atoms with van der Waals surface area (Å²) in [5, 5.41) is 10.9. The lowest BCUT2D eigenvalue weighted by Crippen LogP contribution is -2.04. The first kappa shape index (κ1) is 23.9. The Morgan fingerprint density at radius 1 is 0.455 bits per heavy atom. The van der Waals surface area contributed by atoms with Crippen LogP contribution in [0.4, 0.5) is 0 Å². The van der Waals surface area contributed by atoms with E-state index in [0.717, 1.165) is 33.2 Å². The number of fused-ring (bicyclic) bond motifs is 12. The van der Waals surface area contributed by atoms with Crippen molar-refractivity contribution in [2.75, 3.05) is 0 Å². The van der Waals surface area contributed by atoms with E-state index < -0.39 is 0 Å². The predicted octanol–water partition coefficient (Wildman–Crippen LogP) is 11.1. The number of thiophene rings is 1. The van der Waals surface area contributed by atoms with Gasteiger partial charge in [0.05, 0.1) is 22.2 Å². The van der Waals surface area contributed by atoms with Crippen LogP contribution in [0.5, 0.6) is 0 Å². The topological polar surface area (TPSA) is 30.7 Å². The van der Waals surface area contributed by atoms with Crippen molar-refractivity contribution in [2.45, 2.75) is 0 Å². The van der Waals surface area contributed by atoms with Crippen molar-refractivity contribution in [3.05, 3.63) is 140 Å². The van der Waals surface area contributed by atoms with Gasteiger partial charge in [-0.25, -0.2) is 9.97 Å². The summed E-state index contributed by atoms with van der Waals surface area (Å²) in [5.74, 6) is 0.687. The largest absolute Gasteiger partial charge is 0.277 e. The Labute approximate surface area is 256 Å². The molecular weight excluding hydrogens is 555 g/mol. The van der Waals surface area contributed by atoms with Crippen LogP contribution in [0.15, 0.2) is 140 Å². The van der Waals surface area contributed by atoms with Crippen molar-refractivity contribution in [1.82, 2.24) is 14.5 Å². The molecule has 0 bridgehead atoms. The van der Waals surface area contributed by atoms with Gasteiger partial charge in [0.15, 0.2) is 0 Å². The molecule has 3 nitrogen and oxygen atoms in total. The van der Waals surface area contributed by atoms with Crippen LogP contribution in [0.1, 0.15) is 0 Å². The zero-order valence-electron chi connectivity index (χ0n) is 23.5. The van der Waals surface area contributed by atoms with E-state index in [-0.39, 0.29) is 0 Å². The molecule has 10 aromatic rings. The highest BCUT2D eigenvalue weighted by atomic mass is 32.1. The van der Waals surface area contributed by atoms with Crippen LogP contribution in [-0.4, -0.2) is 14.5 Å². The number of nitrogens with zero attached hydrogens (tertiary/aromatic N) is 3. The van der Waals surface area contributed by atoms with Gasteiger partial charge in [-0.15, -0.1) is 11.3 Å². The second-order valence-corrected chi connectivity index (χ2v) is 12.4. The first-order chi connectivity index (χ1) is 21.8. The molecule has 0 saturated heterocycles. The molecule has 0 aliphatic heterocycles. The second-order valence-electron chi connectivity index (χ2n) is 11.4. The van der Waals surface area contributed by atoms with Gasteiger partial charge in [0.25, 0.3) is 0 Å². The quantitative estimate of drug-likeness (QED) is 0.205. The third kappa shape index (κ3) is 3.26. The summed E-state index contributed by atoms with van der Waals surface area (Å²) in [7, 11) is 0. The monoisotopic (exact) mass is 577 g/mol. The van der Waals surface area contributed by atoms with Gasteiger partial charge in [0.1, 0.15) is 0 Å². The van der Waals surface area contributed by atoms with Gasteiger partial charge >= 0.3 is 0 Å². The highest BCUT2D eigenvalue weighted by molar-refractivity contribution is 7.26. The third-order valence-electron chi connectivity index (χ3n) is 8.98. The Hall–Kier alpha value is -5.58. The van der Waals surface area contributed by atoms with E-state index in [4.69, 9.17) is 9.97 Å². The summed E-state index contributed by atoms with van der Waals surface area (Å²) in [6.07, 6.45) is 0. The lowest BCUT2D eigenvalue weighted by Gasteiger charge is -2.13. The maximum absolute atomic E-state index is 5.40.